The Balaban J connectivity index is 1.57. The van der Waals surface area contributed by atoms with Crippen molar-refractivity contribution in [1.29, 1.82) is 0 Å². The van der Waals surface area contributed by atoms with E-state index < -0.39 is 7.26 Å². The summed E-state index contributed by atoms with van der Waals surface area (Å²) >= 11 is 0. The van der Waals surface area contributed by atoms with Crippen molar-refractivity contribution in [2.45, 2.75) is 13.0 Å². The van der Waals surface area contributed by atoms with Crippen molar-refractivity contribution in [1.82, 2.24) is 5.32 Å². The fourth-order valence-corrected chi connectivity index (χ4v) is 9.40. The maximum atomic E-state index is 5.95. The Labute approximate surface area is 191 Å². The molecule has 4 aromatic rings. The Morgan fingerprint density at radius 3 is 1.56 bits per heavy atom. The minimum atomic E-state index is -2.15. The molecule has 164 valence electrons. The van der Waals surface area contributed by atoms with Crippen LogP contribution in [-0.2, 0) is 6.54 Å². The van der Waals surface area contributed by atoms with Crippen molar-refractivity contribution >= 4 is 34.6 Å². The molecule has 5 N–H and O–H groups in total. The van der Waals surface area contributed by atoms with Crippen LogP contribution in [0.1, 0.15) is 12.0 Å². The Morgan fingerprint density at radius 2 is 1.09 bits per heavy atom. The summed E-state index contributed by atoms with van der Waals surface area (Å²) in [4.78, 5) is 0. The third kappa shape index (κ3) is 4.85. The summed E-state index contributed by atoms with van der Waals surface area (Å²) in [6, 6.07) is 39.1. The van der Waals surface area contributed by atoms with Gasteiger partial charge in [-0.25, -0.2) is 0 Å². The van der Waals surface area contributed by atoms with Crippen molar-refractivity contribution < 1.29 is 0 Å². The van der Waals surface area contributed by atoms with Gasteiger partial charge in [-0.2, -0.15) is 0 Å². The molecule has 0 saturated carbocycles. The van der Waals surface area contributed by atoms with E-state index in [9.17, 15) is 0 Å². The first-order valence-corrected chi connectivity index (χ1v) is 13.4. The molecule has 32 heavy (non-hydrogen) atoms. The van der Waals surface area contributed by atoms with Crippen molar-refractivity contribution in [2.75, 3.05) is 24.2 Å². The van der Waals surface area contributed by atoms with Gasteiger partial charge in [0.2, 0.25) is 0 Å². The normalized spacial score (nSPS) is 11.9. The molecular formula is C28H32N3P. The van der Waals surface area contributed by atoms with E-state index in [-0.39, 0.29) is 0 Å². The Hall–Kier alpha value is -3.13. The van der Waals surface area contributed by atoms with Crippen LogP contribution in [-0.4, -0.2) is 12.7 Å². The number of nitrogens with one attached hydrogen (secondary N) is 1. The average Bonchev–Trinajstić information content (AvgIpc) is 2.85. The predicted molar refractivity (Wildman–Crippen MR) is 143 cm³/mol. The zero-order valence-corrected chi connectivity index (χ0v) is 19.4. The summed E-state index contributed by atoms with van der Waals surface area (Å²) in [5, 5.41) is 7.99. The van der Waals surface area contributed by atoms with Crippen molar-refractivity contribution in [3.63, 3.8) is 0 Å². The van der Waals surface area contributed by atoms with Crippen LogP contribution in [0.25, 0.3) is 0 Å². The molecule has 0 bridgehead atoms. The van der Waals surface area contributed by atoms with Crippen molar-refractivity contribution in [2.24, 2.45) is 0 Å². The molecule has 4 heteroatoms. The van der Waals surface area contributed by atoms with Crippen LogP contribution in [0.15, 0.2) is 109 Å². The molecule has 0 radical (unpaired) electrons. The molecule has 0 saturated heterocycles. The van der Waals surface area contributed by atoms with E-state index in [0.717, 1.165) is 31.2 Å². The van der Waals surface area contributed by atoms with Gasteiger partial charge < -0.3 is 0 Å². The second-order valence-corrected chi connectivity index (χ2v) is 12.3. The minimum absolute atomic E-state index is 0.637. The van der Waals surface area contributed by atoms with Crippen LogP contribution in [0.5, 0.6) is 0 Å². The summed E-state index contributed by atoms with van der Waals surface area (Å²) in [5.41, 5.74) is 14.2. The van der Waals surface area contributed by atoms with Crippen LogP contribution >= 0.6 is 7.26 Å². The molecule has 0 atom stereocenters. The van der Waals surface area contributed by atoms with Crippen LogP contribution < -0.4 is 32.7 Å². The molecule has 0 amide bonds. The fraction of sp³-hybridized carbons (Fsp3) is 0.143. The maximum absolute atomic E-state index is 5.95. The van der Waals surface area contributed by atoms with Crippen molar-refractivity contribution in [3.8, 4) is 0 Å². The van der Waals surface area contributed by atoms with Gasteiger partial charge in [-0.05, 0) is 0 Å². The van der Waals surface area contributed by atoms with Crippen molar-refractivity contribution in [3.05, 3.63) is 115 Å². The molecule has 0 heterocycles. The van der Waals surface area contributed by atoms with Gasteiger partial charge in [0.05, 0.1) is 0 Å². The summed E-state index contributed by atoms with van der Waals surface area (Å²) in [5.74, 6) is 0. The van der Waals surface area contributed by atoms with E-state index in [0.29, 0.717) is 11.4 Å². The second-order valence-electron chi connectivity index (χ2n) is 8.25. The van der Waals surface area contributed by atoms with Gasteiger partial charge in [-0.1, -0.05) is 0 Å². The van der Waals surface area contributed by atoms with Crippen LogP contribution in [0.4, 0.5) is 11.4 Å². The first kappa shape index (κ1) is 22.1. The third-order valence-corrected chi connectivity index (χ3v) is 11.2. The van der Waals surface area contributed by atoms with Crippen LogP contribution in [0, 0.1) is 0 Å². The van der Waals surface area contributed by atoms with Gasteiger partial charge in [0, 0.05) is 0 Å². The number of hydrogen-bond acceptors (Lipinski definition) is 3. The number of rotatable bonds is 9. The predicted octanol–water partition coefficient (Wildman–Crippen LogP) is 4.06. The van der Waals surface area contributed by atoms with Gasteiger partial charge >= 0.3 is 192 Å². The number of nitrogens with two attached hydrogens (primary N) is 2. The zero-order chi connectivity index (χ0) is 22.2. The molecule has 4 aromatic carbocycles. The van der Waals surface area contributed by atoms with E-state index in [2.05, 4.69) is 96.3 Å². The number of nitrogen functional groups attached to an aromatic ring is 2. The summed E-state index contributed by atoms with van der Waals surface area (Å²) in [6.07, 6.45) is 2.23. The third-order valence-electron chi connectivity index (χ3n) is 6.19. The van der Waals surface area contributed by atoms with E-state index in [1.54, 1.807) is 0 Å². The number of hydrogen-bond donors (Lipinski definition) is 3. The molecular weight excluding hydrogens is 409 g/mol. The molecule has 0 unspecified atom stereocenters. The summed E-state index contributed by atoms with van der Waals surface area (Å²) < 4.78 is 0. The molecule has 0 spiro atoms. The van der Waals surface area contributed by atoms with Gasteiger partial charge in [0.15, 0.2) is 0 Å². The standard InChI is InChI=1S/C28H32N3P/c29-27-18-17-23(21-28(27)30)22-31-19-10-20-32(24-11-4-1-5-12-24,25-13-6-2-7-14-25)26-15-8-3-9-16-26/h1-9,11-18,21,31-32H,10,19-20,22,29-30H2. The van der Waals surface area contributed by atoms with Crippen LogP contribution in [0.3, 0.4) is 0 Å². The molecule has 0 aliphatic carbocycles. The van der Waals surface area contributed by atoms with Crippen LogP contribution in [0.2, 0.25) is 0 Å². The number of benzene rings is 4. The average molecular weight is 442 g/mol. The first-order chi connectivity index (χ1) is 15.7. The first-order valence-electron chi connectivity index (χ1n) is 11.2. The Bertz CT molecular complexity index is 1020. The number of anilines is 2. The zero-order valence-electron chi connectivity index (χ0n) is 18.4. The topological polar surface area (TPSA) is 64.1 Å². The quantitative estimate of drug-likeness (QED) is 0.209. The molecule has 0 aromatic heterocycles. The van der Waals surface area contributed by atoms with Gasteiger partial charge in [0.25, 0.3) is 0 Å². The molecule has 3 nitrogen and oxygen atoms in total. The molecule has 0 aliphatic heterocycles. The van der Waals surface area contributed by atoms with E-state index in [4.69, 9.17) is 11.5 Å². The van der Waals surface area contributed by atoms with Gasteiger partial charge in [-0.15, -0.1) is 0 Å². The summed E-state index contributed by atoms with van der Waals surface area (Å²) in [6.45, 7) is 1.74. The molecule has 0 aliphatic rings. The molecule has 4 rings (SSSR count). The van der Waals surface area contributed by atoms with E-state index >= 15 is 0 Å². The fourth-order valence-electron chi connectivity index (χ4n) is 4.55. The van der Waals surface area contributed by atoms with E-state index in [1.165, 1.54) is 15.9 Å². The summed E-state index contributed by atoms with van der Waals surface area (Å²) in [7, 11) is -2.15. The van der Waals surface area contributed by atoms with E-state index in [1.807, 2.05) is 18.2 Å². The SMILES string of the molecule is Nc1ccc(CNCCC[PH](c2ccccc2)(c2ccccc2)c2ccccc2)cc1N. The second kappa shape index (κ2) is 10.5. The van der Waals surface area contributed by atoms with Gasteiger partial charge in [0.1, 0.15) is 0 Å². The molecule has 0 fully saturated rings. The Kier molecular flexibility index (Phi) is 7.21. The Morgan fingerprint density at radius 1 is 0.594 bits per heavy atom. The van der Waals surface area contributed by atoms with Gasteiger partial charge in [-0.3, -0.25) is 0 Å². The monoisotopic (exact) mass is 441 g/mol.